The molecule has 0 aliphatic carbocycles. The number of rotatable bonds is 5. The molecule has 96 valence electrons. The molecular weight excluding hydrogens is 222 g/mol. The Bertz CT molecular complexity index is 419. The normalized spacial score (nSPS) is 16.4. The average Bonchev–Trinajstić information content (AvgIpc) is 2.45. The van der Waals surface area contributed by atoms with Crippen molar-refractivity contribution in [2.24, 2.45) is 0 Å². The van der Waals surface area contributed by atoms with E-state index in [0.29, 0.717) is 6.04 Å². The molecule has 1 fully saturated rings. The Balaban J connectivity index is 1.96. The molecule has 0 amide bonds. The van der Waals surface area contributed by atoms with E-state index >= 15 is 0 Å². The lowest BCUT2D eigenvalue weighted by molar-refractivity contribution is 0.0776. The monoisotopic (exact) mass is 243 g/mol. The van der Waals surface area contributed by atoms with Crippen molar-refractivity contribution < 1.29 is 4.74 Å². The quantitative estimate of drug-likeness (QED) is 0.857. The highest BCUT2D eigenvalue weighted by Crippen LogP contribution is 2.15. The first-order valence-corrected chi connectivity index (χ1v) is 6.52. The van der Waals surface area contributed by atoms with Crippen LogP contribution in [0.5, 0.6) is 0 Å². The molecule has 0 aromatic heterocycles. The lowest BCUT2D eigenvalue weighted by Gasteiger charge is -2.23. The van der Waals surface area contributed by atoms with E-state index in [-0.39, 0.29) is 0 Å². The summed E-state index contributed by atoms with van der Waals surface area (Å²) in [6.45, 7) is 10.3. The standard InChI is InChI=1S/C16H21NO/c1-3-14-6-5-13(11-15(14)4-2)12-17-16-7-9-18-10-8-16/h3-6,11,16-17H,1-2,7-10,12H2. The summed E-state index contributed by atoms with van der Waals surface area (Å²) in [6.07, 6.45) is 5.97. The summed E-state index contributed by atoms with van der Waals surface area (Å²) in [7, 11) is 0. The third-order valence-corrected chi connectivity index (χ3v) is 3.41. The minimum atomic E-state index is 0.588. The van der Waals surface area contributed by atoms with Gasteiger partial charge in [0.25, 0.3) is 0 Å². The summed E-state index contributed by atoms with van der Waals surface area (Å²) in [5.74, 6) is 0. The van der Waals surface area contributed by atoms with Crippen LogP contribution in [-0.4, -0.2) is 19.3 Å². The minimum Gasteiger partial charge on any atom is -0.381 e. The third-order valence-electron chi connectivity index (χ3n) is 3.41. The van der Waals surface area contributed by atoms with Crippen LogP contribution in [0.2, 0.25) is 0 Å². The Hall–Kier alpha value is -1.38. The molecule has 2 heteroatoms. The summed E-state index contributed by atoms with van der Waals surface area (Å²) in [5.41, 5.74) is 3.58. The number of ether oxygens (including phenoxy) is 1. The molecule has 1 aromatic rings. The van der Waals surface area contributed by atoms with Gasteiger partial charge in [-0.3, -0.25) is 0 Å². The molecule has 1 saturated heterocycles. The topological polar surface area (TPSA) is 21.3 Å². The summed E-state index contributed by atoms with van der Waals surface area (Å²) >= 11 is 0. The molecule has 2 rings (SSSR count). The van der Waals surface area contributed by atoms with Gasteiger partial charge < -0.3 is 10.1 Å². The first-order chi connectivity index (χ1) is 8.83. The second-order valence-electron chi connectivity index (χ2n) is 4.64. The van der Waals surface area contributed by atoms with Crippen LogP contribution in [0.4, 0.5) is 0 Å². The minimum absolute atomic E-state index is 0.588. The van der Waals surface area contributed by atoms with Gasteiger partial charge in [0.05, 0.1) is 0 Å². The Labute approximate surface area is 109 Å². The maximum atomic E-state index is 5.35. The molecule has 1 heterocycles. The van der Waals surface area contributed by atoms with Gasteiger partial charge in [-0.15, -0.1) is 0 Å². The summed E-state index contributed by atoms with van der Waals surface area (Å²) < 4.78 is 5.35. The molecule has 1 N–H and O–H groups in total. The molecule has 0 unspecified atom stereocenters. The van der Waals surface area contributed by atoms with Gasteiger partial charge in [-0.05, 0) is 35.6 Å². The van der Waals surface area contributed by atoms with Crippen molar-refractivity contribution in [3.05, 3.63) is 48.0 Å². The smallest absolute Gasteiger partial charge is 0.0480 e. The van der Waals surface area contributed by atoms with Crippen molar-refractivity contribution in [1.82, 2.24) is 5.32 Å². The molecule has 1 aliphatic rings. The molecule has 1 aliphatic heterocycles. The van der Waals surface area contributed by atoms with E-state index in [2.05, 4.69) is 36.7 Å². The Kier molecular flexibility index (Phi) is 4.73. The molecule has 1 aromatic carbocycles. The highest BCUT2D eigenvalue weighted by Gasteiger charge is 2.12. The van der Waals surface area contributed by atoms with Crippen molar-refractivity contribution >= 4 is 12.2 Å². The highest BCUT2D eigenvalue weighted by molar-refractivity contribution is 5.64. The average molecular weight is 243 g/mol. The van der Waals surface area contributed by atoms with Crippen LogP contribution in [0, 0.1) is 0 Å². The van der Waals surface area contributed by atoms with E-state index in [1.165, 1.54) is 5.56 Å². The van der Waals surface area contributed by atoms with Gasteiger partial charge in [0, 0.05) is 25.8 Å². The third kappa shape index (κ3) is 3.31. The Morgan fingerprint density at radius 1 is 1.17 bits per heavy atom. The fourth-order valence-electron chi connectivity index (χ4n) is 2.26. The lowest BCUT2D eigenvalue weighted by Crippen LogP contribution is -2.34. The van der Waals surface area contributed by atoms with E-state index in [4.69, 9.17) is 4.74 Å². The Morgan fingerprint density at radius 3 is 2.56 bits per heavy atom. The fraction of sp³-hybridized carbons (Fsp3) is 0.375. The number of benzene rings is 1. The van der Waals surface area contributed by atoms with Crippen LogP contribution in [0.3, 0.4) is 0 Å². The van der Waals surface area contributed by atoms with Crippen LogP contribution >= 0.6 is 0 Å². The zero-order valence-corrected chi connectivity index (χ0v) is 10.8. The lowest BCUT2D eigenvalue weighted by atomic mass is 10.0. The zero-order valence-electron chi connectivity index (χ0n) is 10.8. The van der Waals surface area contributed by atoms with Gasteiger partial charge in [-0.25, -0.2) is 0 Å². The van der Waals surface area contributed by atoms with Crippen molar-refractivity contribution in [2.75, 3.05) is 13.2 Å². The second kappa shape index (κ2) is 6.53. The molecular formula is C16H21NO. The number of hydrogen-bond donors (Lipinski definition) is 1. The molecule has 0 saturated carbocycles. The molecule has 0 spiro atoms. The van der Waals surface area contributed by atoms with Crippen molar-refractivity contribution in [2.45, 2.75) is 25.4 Å². The van der Waals surface area contributed by atoms with Gasteiger partial charge in [0.15, 0.2) is 0 Å². The first-order valence-electron chi connectivity index (χ1n) is 6.52. The predicted molar refractivity (Wildman–Crippen MR) is 77.3 cm³/mol. The predicted octanol–water partition coefficient (Wildman–Crippen LogP) is 3.24. The van der Waals surface area contributed by atoms with Gasteiger partial charge in [-0.2, -0.15) is 0 Å². The maximum Gasteiger partial charge on any atom is 0.0480 e. The molecule has 18 heavy (non-hydrogen) atoms. The van der Waals surface area contributed by atoms with E-state index in [9.17, 15) is 0 Å². The Morgan fingerprint density at radius 2 is 1.89 bits per heavy atom. The van der Waals surface area contributed by atoms with Gasteiger partial charge in [0.1, 0.15) is 0 Å². The van der Waals surface area contributed by atoms with E-state index in [0.717, 1.165) is 43.7 Å². The zero-order chi connectivity index (χ0) is 12.8. The van der Waals surface area contributed by atoms with Crippen LogP contribution in [0.15, 0.2) is 31.4 Å². The molecule has 2 nitrogen and oxygen atoms in total. The summed E-state index contributed by atoms with van der Waals surface area (Å²) in [4.78, 5) is 0. The highest BCUT2D eigenvalue weighted by atomic mass is 16.5. The van der Waals surface area contributed by atoms with Crippen LogP contribution in [0.1, 0.15) is 29.5 Å². The number of hydrogen-bond acceptors (Lipinski definition) is 2. The van der Waals surface area contributed by atoms with Crippen molar-refractivity contribution in [3.8, 4) is 0 Å². The molecule has 0 atom stereocenters. The largest absolute Gasteiger partial charge is 0.381 e. The van der Waals surface area contributed by atoms with E-state index in [1.807, 2.05) is 12.2 Å². The first kappa shape index (κ1) is 13.1. The summed E-state index contributed by atoms with van der Waals surface area (Å²) in [6, 6.07) is 7.02. The SMILES string of the molecule is C=Cc1ccc(CNC2CCOCC2)cc1C=C. The molecule has 0 bridgehead atoms. The van der Waals surface area contributed by atoms with Crippen LogP contribution in [-0.2, 0) is 11.3 Å². The summed E-state index contributed by atoms with van der Waals surface area (Å²) in [5, 5.41) is 3.59. The van der Waals surface area contributed by atoms with Crippen molar-refractivity contribution in [1.29, 1.82) is 0 Å². The van der Waals surface area contributed by atoms with Gasteiger partial charge >= 0.3 is 0 Å². The fourth-order valence-corrected chi connectivity index (χ4v) is 2.26. The van der Waals surface area contributed by atoms with E-state index < -0.39 is 0 Å². The van der Waals surface area contributed by atoms with Crippen LogP contribution < -0.4 is 5.32 Å². The van der Waals surface area contributed by atoms with Crippen LogP contribution in [0.25, 0.3) is 12.2 Å². The van der Waals surface area contributed by atoms with Gasteiger partial charge in [0.2, 0.25) is 0 Å². The van der Waals surface area contributed by atoms with Crippen molar-refractivity contribution in [3.63, 3.8) is 0 Å². The van der Waals surface area contributed by atoms with Gasteiger partial charge in [-0.1, -0.05) is 37.4 Å². The maximum absolute atomic E-state index is 5.35. The number of nitrogens with one attached hydrogen (secondary N) is 1. The second-order valence-corrected chi connectivity index (χ2v) is 4.64. The molecule has 0 radical (unpaired) electrons. The van der Waals surface area contributed by atoms with E-state index in [1.54, 1.807) is 0 Å².